The minimum atomic E-state index is -0.193. The molecule has 1 atom stereocenters. The number of aromatic nitrogens is 2. The monoisotopic (exact) mass is 336 g/mol. The van der Waals surface area contributed by atoms with Gasteiger partial charge in [0.25, 0.3) is 11.5 Å². The van der Waals surface area contributed by atoms with E-state index in [1.807, 2.05) is 16.7 Å². The summed E-state index contributed by atoms with van der Waals surface area (Å²) in [5, 5.41) is 4.14. The first kappa shape index (κ1) is 16.5. The molecule has 0 spiro atoms. The van der Waals surface area contributed by atoms with Gasteiger partial charge in [0.05, 0.1) is 6.04 Å². The van der Waals surface area contributed by atoms with E-state index in [1.165, 1.54) is 23.6 Å². The third-order valence-electron chi connectivity index (χ3n) is 4.55. The van der Waals surface area contributed by atoms with E-state index in [9.17, 15) is 9.59 Å². The molecule has 1 aromatic heterocycles. The maximum Gasteiger partial charge on any atom is 0.274 e. The third kappa shape index (κ3) is 3.95. The van der Waals surface area contributed by atoms with Crippen LogP contribution in [0.5, 0.6) is 0 Å². The zero-order valence-corrected chi connectivity index (χ0v) is 14.4. The number of hydrogen-bond acceptors (Lipinski definition) is 5. The molecule has 3 heterocycles. The van der Waals surface area contributed by atoms with E-state index in [2.05, 4.69) is 10.00 Å². The number of nitrogens with zero attached hydrogens (tertiary/aromatic N) is 4. The van der Waals surface area contributed by atoms with E-state index in [0.717, 1.165) is 44.1 Å². The van der Waals surface area contributed by atoms with Gasteiger partial charge in [0, 0.05) is 32.0 Å². The smallest absolute Gasteiger partial charge is 0.274 e. The second-order valence-corrected chi connectivity index (χ2v) is 7.42. The number of thioether (sulfide) groups is 1. The maximum atomic E-state index is 12.9. The maximum absolute atomic E-state index is 12.9. The molecule has 1 amide bonds. The van der Waals surface area contributed by atoms with Crippen molar-refractivity contribution in [2.24, 2.45) is 7.05 Å². The highest BCUT2D eigenvalue weighted by Crippen LogP contribution is 2.20. The highest BCUT2D eigenvalue weighted by molar-refractivity contribution is 7.99. The molecule has 2 saturated heterocycles. The summed E-state index contributed by atoms with van der Waals surface area (Å²) in [6.07, 6.45) is 3.53. The van der Waals surface area contributed by atoms with E-state index in [-0.39, 0.29) is 17.5 Å². The molecule has 2 aliphatic heterocycles. The average Bonchev–Trinajstić information content (AvgIpc) is 2.94. The number of amides is 1. The Kier molecular flexibility index (Phi) is 5.38. The summed E-state index contributed by atoms with van der Waals surface area (Å²) >= 11 is 1.93. The van der Waals surface area contributed by atoms with Gasteiger partial charge in [0.1, 0.15) is 5.69 Å². The van der Waals surface area contributed by atoms with Crippen molar-refractivity contribution in [2.45, 2.75) is 25.3 Å². The van der Waals surface area contributed by atoms with Crippen LogP contribution in [0.15, 0.2) is 16.9 Å². The molecule has 0 aromatic carbocycles. The summed E-state index contributed by atoms with van der Waals surface area (Å²) in [5.41, 5.74) is 0.173. The summed E-state index contributed by atoms with van der Waals surface area (Å²) < 4.78 is 1.23. The van der Waals surface area contributed by atoms with Crippen molar-refractivity contribution in [3.8, 4) is 0 Å². The molecule has 0 saturated carbocycles. The molecule has 1 unspecified atom stereocenters. The predicted molar refractivity (Wildman–Crippen MR) is 91.9 cm³/mol. The van der Waals surface area contributed by atoms with Crippen LogP contribution in [0.1, 0.15) is 29.8 Å². The molecule has 6 nitrogen and oxygen atoms in total. The predicted octanol–water partition coefficient (Wildman–Crippen LogP) is 0.824. The normalized spacial score (nSPS) is 23.0. The van der Waals surface area contributed by atoms with Crippen molar-refractivity contribution >= 4 is 17.7 Å². The van der Waals surface area contributed by atoms with Crippen LogP contribution in [0.25, 0.3) is 0 Å². The molecule has 2 fully saturated rings. The average molecular weight is 336 g/mol. The van der Waals surface area contributed by atoms with Gasteiger partial charge in [0.2, 0.25) is 0 Å². The fraction of sp³-hybridized carbons (Fsp3) is 0.688. The van der Waals surface area contributed by atoms with Gasteiger partial charge in [0.15, 0.2) is 0 Å². The van der Waals surface area contributed by atoms with Gasteiger partial charge in [-0.1, -0.05) is 0 Å². The highest BCUT2D eigenvalue weighted by atomic mass is 32.2. The highest BCUT2D eigenvalue weighted by Gasteiger charge is 2.29. The molecule has 23 heavy (non-hydrogen) atoms. The number of carbonyl (C=O) groups excluding carboxylic acids is 1. The first-order valence-electron chi connectivity index (χ1n) is 8.30. The zero-order valence-electron chi connectivity index (χ0n) is 13.6. The lowest BCUT2D eigenvalue weighted by atomic mass is 10.2. The van der Waals surface area contributed by atoms with Crippen LogP contribution in [-0.2, 0) is 7.05 Å². The van der Waals surface area contributed by atoms with Crippen molar-refractivity contribution in [1.82, 2.24) is 19.6 Å². The largest absolute Gasteiger partial charge is 0.332 e. The van der Waals surface area contributed by atoms with Crippen LogP contribution in [0.3, 0.4) is 0 Å². The lowest BCUT2D eigenvalue weighted by Gasteiger charge is -2.32. The Labute approximate surface area is 140 Å². The van der Waals surface area contributed by atoms with Gasteiger partial charge >= 0.3 is 0 Å². The van der Waals surface area contributed by atoms with Crippen molar-refractivity contribution < 1.29 is 4.79 Å². The van der Waals surface area contributed by atoms with E-state index < -0.39 is 0 Å². The van der Waals surface area contributed by atoms with Gasteiger partial charge < -0.3 is 9.80 Å². The van der Waals surface area contributed by atoms with Crippen molar-refractivity contribution in [3.63, 3.8) is 0 Å². The SMILES string of the molecule is Cn1nc(C(=O)N2CCCSCC2CN2CCCC2)ccc1=O. The summed E-state index contributed by atoms with van der Waals surface area (Å²) in [5.74, 6) is 2.03. The first-order chi connectivity index (χ1) is 11.1. The number of rotatable bonds is 3. The molecule has 2 aliphatic rings. The van der Waals surface area contributed by atoms with Crippen LogP contribution in [0.4, 0.5) is 0 Å². The van der Waals surface area contributed by atoms with Gasteiger partial charge in [-0.2, -0.15) is 16.9 Å². The molecular formula is C16H24N4O2S. The summed E-state index contributed by atoms with van der Waals surface area (Å²) in [4.78, 5) is 28.8. The third-order valence-corrected chi connectivity index (χ3v) is 5.74. The number of aryl methyl sites for hydroxylation is 1. The fourth-order valence-electron chi connectivity index (χ4n) is 3.27. The topological polar surface area (TPSA) is 58.4 Å². The van der Waals surface area contributed by atoms with Crippen LogP contribution < -0.4 is 5.56 Å². The Morgan fingerprint density at radius 2 is 2.04 bits per heavy atom. The number of likely N-dealkylation sites (tertiary alicyclic amines) is 1. The zero-order chi connectivity index (χ0) is 16.2. The van der Waals surface area contributed by atoms with Crippen LogP contribution in [0.2, 0.25) is 0 Å². The summed E-state index contributed by atoms with van der Waals surface area (Å²) in [6.45, 7) is 4.00. The molecule has 0 N–H and O–H groups in total. The van der Waals surface area contributed by atoms with Gasteiger partial charge in [-0.15, -0.1) is 0 Å². The lowest BCUT2D eigenvalue weighted by molar-refractivity contribution is 0.0658. The van der Waals surface area contributed by atoms with E-state index in [1.54, 1.807) is 13.1 Å². The Bertz CT molecular complexity index is 612. The minimum Gasteiger partial charge on any atom is -0.332 e. The second kappa shape index (κ2) is 7.49. The molecule has 0 bridgehead atoms. The number of hydrogen-bond donors (Lipinski definition) is 0. The minimum absolute atomic E-state index is 0.0488. The quantitative estimate of drug-likeness (QED) is 0.818. The molecule has 3 rings (SSSR count). The van der Waals surface area contributed by atoms with E-state index in [4.69, 9.17) is 0 Å². The Morgan fingerprint density at radius 1 is 1.26 bits per heavy atom. The number of carbonyl (C=O) groups is 1. The molecule has 126 valence electrons. The summed E-state index contributed by atoms with van der Waals surface area (Å²) in [7, 11) is 1.58. The van der Waals surface area contributed by atoms with Gasteiger partial charge in [-0.3, -0.25) is 9.59 Å². The summed E-state index contributed by atoms with van der Waals surface area (Å²) in [6, 6.07) is 3.20. The van der Waals surface area contributed by atoms with Crippen LogP contribution >= 0.6 is 11.8 Å². The van der Waals surface area contributed by atoms with Gasteiger partial charge in [-0.05, 0) is 44.2 Å². The standard InChI is InChI=1S/C16H24N4O2S/c1-18-15(21)6-5-14(17-18)16(22)20-9-4-10-23-12-13(20)11-19-7-2-3-8-19/h5-6,13H,2-4,7-12H2,1H3. The van der Waals surface area contributed by atoms with Crippen molar-refractivity contribution in [2.75, 3.05) is 37.7 Å². The first-order valence-corrected chi connectivity index (χ1v) is 9.46. The molecule has 7 heteroatoms. The Balaban J connectivity index is 1.78. The van der Waals surface area contributed by atoms with E-state index in [0.29, 0.717) is 5.69 Å². The molecule has 0 radical (unpaired) electrons. The molecular weight excluding hydrogens is 312 g/mol. The lowest BCUT2D eigenvalue weighted by Crippen LogP contribution is -2.48. The molecule has 1 aromatic rings. The van der Waals surface area contributed by atoms with Crippen molar-refractivity contribution in [3.05, 3.63) is 28.2 Å². The van der Waals surface area contributed by atoms with Crippen LogP contribution in [-0.4, -0.2) is 69.2 Å². The van der Waals surface area contributed by atoms with E-state index >= 15 is 0 Å². The molecule has 0 aliphatic carbocycles. The van der Waals surface area contributed by atoms with Gasteiger partial charge in [-0.25, -0.2) is 4.68 Å². The van der Waals surface area contributed by atoms with Crippen molar-refractivity contribution in [1.29, 1.82) is 0 Å². The van der Waals surface area contributed by atoms with Crippen LogP contribution in [0, 0.1) is 0 Å². The second-order valence-electron chi connectivity index (χ2n) is 6.27. The Hall–Kier alpha value is -1.34. The fourth-order valence-corrected chi connectivity index (χ4v) is 4.33. The Morgan fingerprint density at radius 3 is 2.78 bits per heavy atom.